The van der Waals surface area contributed by atoms with Gasteiger partial charge in [0.05, 0.1) is 0 Å². The fraction of sp³-hybridized carbons (Fsp3) is 0.294. The van der Waals surface area contributed by atoms with Gasteiger partial charge < -0.3 is 5.73 Å². The molecule has 0 amide bonds. The minimum atomic E-state index is 0.823. The minimum Gasteiger partial charge on any atom is -0.399 e. The van der Waals surface area contributed by atoms with Crippen molar-refractivity contribution in [2.75, 3.05) is 12.3 Å². The summed E-state index contributed by atoms with van der Waals surface area (Å²) in [6, 6.07) is 16.7. The Kier molecular flexibility index (Phi) is 5.62. The Bertz CT molecular complexity index is 472. The average Bonchev–Trinajstić information content (AvgIpc) is 2.44. The van der Waals surface area contributed by atoms with E-state index in [1.165, 1.54) is 11.1 Å². The van der Waals surface area contributed by atoms with Crippen LogP contribution in [0.5, 0.6) is 0 Å². The molecule has 0 heterocycles. The van der Waals surface area contributed by atoms with Gasteiger partial charge in [0.25, 0.3) is 0 Å². The maximum atomic E-state index is 5.74. The molecule has 2 N–H and O–H groups in total. The summed E-state index contributed by atoms with van der Waals surface area (Å²) < 4.78 is 1.13. The van der Waals surface area contributed by atoms with Crippen molar-refractivity contribution in [3.63, 3.8) is 0 Å². The molecule has 0 spiro atoms. The first kappa shape index (κ1) is 15.1. The van der Waals surface area contributed by atoms with E-state index >= 15 is 0 Å². The average molecular weight is 333 g/mol. The zero-order chi connectivity index (χ0) is 14.4. The van der Waals surface area contributed by atoms with Gasteiger partial charge in [0.1, 0.15) is 0 Å². The fourth-order valence-corrected chi connectivity index (χ4v) is 2.52. The molecule has 0 aliphatic heterocycles. The van der Waals surface area contributed by atoms with Crippen molar-refractivity contribution >= 4 is 21.6 Å². The lowest BCUT2D eigenvalue weighted by molar-refractivity contribution is 0.257. The van der Waals surface area contributed by atoms with E-state index in [9.17, 15) is 0 Å². The molecule has 0 aromatic heterocycles. The van der Waals surface area contributed by atoms with Crippen LogP contribution in [-0.2, 0) is 13.1 Å². The number of rotatable bonds is 6. The molecule has 2 aromatic rings. The monoisotopic (exact) mass is 332 g/mol. The summed E-state index contributed by atoms with van der Waals surface area (Å²) in [5.74, 6) is 0. The summed E-state index contributed by atoms with van der Waals surface area (Å²) in [5, 5.41) is 0. The number of hydrogen-bond donors (Lipinski definition) is 1. The van der Waals surface area contributed by atoms with Crippen LogP contribution in [0, 0.1) is 0 Å². The van der Waals surface area contributed by atoms with Crippen LogP contribution >= 0.6 is 15.9 Å². The molecule has 2 rings (SSSR count). The van der Waals surface area contributed by atoms with E-state index in [1.54, 1.807) is 0 Å². The summed E-state index contributed by atoms with van der Waals surface area (Å²) in [5.41, 5.74) is 9.21. The van der Waals surface area contributed by atoms with Gasteiger partial charge in [0.15, 0.2) is 0 Å². The van der Waals surface area contributed by atoms with Crippen LogP contribution < -0.4 is 5.73 Å². The van der Waals surface area contributed by atoms with Crippen LogP contribution in [0.3, 0.4) is 0 Å². The fourth-order valence-electron chi connectivity index (χ4n) is 2.26. The van der Waals surface area contributed by atoms with Crippen LogP contribution in [0.15, 0.2) is 53.0 Å². The first-order valence-corrected chi connectivity index (χ1v) is 7.78. The molecule has 0 atom stereocenters. The van der Waals surface area contributed by atoms with E-state index < -0.39 is 0 Å². The summed E-state index contributed by atoms with van der Waals surface area (Å²) in [4.78, 5) is 2.47. The summed E-state index contributed by atoms with van der Waals surface area (Å²) >= 11 is 3.48. The van der Waals surface area contributed by atoms with Crippen LogP contribution in [0.4, 0.5) is 5.69 Å². The van der Waals surface area contributed by atoms with Gasteiger partial charge in [0.2, 0.25) is 0 Å². The van der Waals surface area contributed by atoms with E-state index in [2.05, 4.69) is 64.2 Å². The molecule has 2 nitrogen and oxygen atoms in total. The van der Waals surface area contributed by atoms with Crippen molar-refractivity contribution in [1.29, 1.82) is 0 Å². The lowest BCUT2D eigenvalue weighted by Gasteiger charge is -2.22. The third-order valence-corrected chi connectivity index (χ3v) is 3.77. The van der Waals surface area contributed by atoms with E-state index in [0.29, 0.717) is 0 Å². The Balaban J connectivity index is 2.02. The van der Waals surface area contributed by atoms with Gasteiger partial charge in [-0.25, -0.2) is 0 Å². The second kappa shape index (κ2) is 7.46. The number of benzene rings is 2. The second-order valence-electron chi connectivity index (χ2n) is 5.08. The second-order valence-corrected chi connectivity index (χ2v) is 5.99. The molecule has 0 unspecified atom stereocenters. The van der Waals surface area contributed by atoms with E-state index in [1.807, 2.05) is 12.1 Å². The molecule has 0 saturated carbocycles. The Morgan fingerprint density at radius 2 is 1.40 bits per heavy atom. The van der Waals surface area contributed by atoms with Gasteiger partial charge in [-0.2, -0.15) is 0 Å². The maximum absolute atomic E-state index is 5.74. The maximum Gasteiger partial charge on any atom is 0.0314 e. The minimum absolute atomic E-state index is 0.823. The largest absolute Gasteiger partial charge is 0.399 e. The molecular weight excluding hydrogens is 312 g/mol. The van der Waals surface area contributed by atoms with Crippen molar-refractivity contribution in [3.8, 4) is 0 Å². The van der Waals surface area contributed by atoms with Crippen molar-refractivity contribution in [2.45, 2.75) is 26.4 Å². The van der Waals surface area contributed by atoms with Crippen molar-refractivity contribution < 1.29 is 0 Å². The summed E-state index contributed by atoms with van der Waals surface area (Å²) in [6.45, 7) is 5.26. The normalized spacial score (nSPS) is 10.9. The first-order chi connectivity index (χ1) is 9.67. The topological polar surface area (TPSA) is 29.3 Å². The van der Waals surface area contributed by atoms with Crippen molar-refractivity contribution in [3.05, 3.63) is 64.1 Å². The number of hydrogen-bond acceptors (Lipinski definition) is 2. The molecule has 0 saturated heterocycles. The number of nitrogens with two attached hydrogens (primary N) is 1. The predicted molar refractivity (Wildman–Crippen MR) is 89.4 cm³/mol. The highest BCUT2D eigenvalue weighted by Gasteiger charge is 2.06. The highest BCUT2D eigenvalue weighted by Crippen LogP contribution is 2.15. The molecule has 106 valence electrons. The summed E-state index contributed by atoms with van der Waals surface area (Å²) in [6.07, 6.45) is 1.16. The molecule has 3 heteroatoms. The number of nitrogen functional groups attached to an aromatic ring is 1. The quantitative estimate of drug-likeness (QED) is 0.792. The van der Waals surface area contributed by atoms with Gasteiger partial charge in [0, 0.05) is 23.2 Å². The summed E-state index contributed by atoms with van der Waals surface area (Å²) in [7, 11) is 0. The Morgan fingerprint density at radius 1 is 0.900 bits per heavy atom. The first-order valence-electron chi connectivity index (χ1n) is 6.98. The van der Waals surface area contributed by atoms with Crippen LogP contribution in [-0.4, -0.2) is 11.4 Å². The zero-order valence-electron chi connectivity index (χ0n) is 11.8. The van der Waals surface area contributed by atoms with Gasteiger partial charge in [-0.3, -0.25) is 4.90 Å². The van der Waals surface area contributed by atoms with E-state index in [0.717, 1.165) is 36.2 Å². The lowest BCUT2D eigenvalue weighted by Crippen LogP contribution is -2.23. The highest BCUT2D eigenvalue weighted by molar-refractivity contribution is 9.10. The number of nitrogens with zero attached hydrogens (tertiary/aromatic N) is 1. The number of anilines is 1. The highest BCUT2D eigenvalue weighted by atomic mass is 79.9. The van der Waals surface area contributed by atoms with Gasteiger partial charge in [-0.15, -0.1) is 0 Å². The van der Waals surface area contributed by atoms with Crippen LogP contribution in [0.2, 0.25) is 0 Å². The Morgan fingerprint density at radius 3 is 1.90 bits per heavy atom. The molecule has 0 radical (unpaired) electrons. The molecule has 20 heavy (non-hydrogen) atoms. The predicted octanol–water partition coefficient (Wildman–Crippen LogP) is 4.44. The standard InChI is InChI=1S/C17H21BrN2/c1-2-11-20(12-14-3-7-16(18)8-4-14)13-15-5-9-17(19)10-6-15/h3-10H,2,11-13,19H2,1H3. The molecule has 0 bridgehead atoms. The molecule has 0 aliphatic carbocycles. The Labute approximate surface area is 129 Å². The Hall–Kier alpha value is -1.32. The molecule has 0 fully saturated rings. The van der Waals surface area contributed by atoms with Crippen LogP contribution in [0.25, 0.3) is 0 Å². The lowest BCUT2D eigenvalue weighted by atomic mass is 10.1. The SMILES string of the molecule is CCCN(Cc1ccc(N)cc1)Cc1ccc(Br)cc1. The van der Waals surface area contributed by atoms with Crippen LogP contribution in [0.1, 0.15) is 24.5 Å². The van der Waals surface area contributed by atoms with Gasteiger partial charge >= 0.3 is 0 Å². The molecular formula is C17H21BrN2. The van der Waals surface area contributed by atoms with Gasteiger partial charge in [-0.1, -0.05) is 47.1 Å². The molecule has 2 aromatic carbocycles. The van der Waals surface area contributed by atoms with Gasteiger partial charge in [-0.05, 0) is 48.4 Å². The van der Waals surface area contributed by atoms with Crippen molar-refractivity contribution in [1.82, 2.24) is 4.90 Å². The molecule has 0 aliphatic rings. The van der Waals surface area contributed by atoms with Crippen molar-refractivity contribution in [2.24, 2.45) is 0 Å². The third kappa shape index (κ3) is 4.66. The third-order valence-electron chi connectivity index (χ3n) is 3.25. The van der Waals surface area contributed by atoms with E-state index in [-0.39, 0.29) is 0 Å². The zero-order valence-corrected chi connectivity index (χ0v) is 13.4. The van der Waals surface area contributed by atoms with E-state index in [4.69, 9.17) is 5.73 Å². The number of halogens is 1. The smallest absolute Gasteiger partial charge is 0.0314 e.